The fourth-order valence-electron chi connectivity index (χ4n) is 9.40. The number of fused-ring (bicyclic) bond motifs is 5. The molecule has 4 N–H and O–H groups in total. The molecule has 0 aromatic heterocycles. The van der Waals surface area contributed by atoms with Crippen molar-refractivity contribution in [3.8, 4) is 0 Å². The summed E-state index contributed by atoms with van der Waals surface area (Å²) in [6.45, 7) is 8.73. The van der Waals surface area contributed by atoms with Gasteiger partial charge in [-0.15, -0.1) is 0 Å². The first-order valence-electron chi connectivity index (χ1n) is 13.9. The van der Waals surface area contributed by atoms with Gasteiger partial charge in [0.15, 0.2) is 6.04 Å². The summed E-state index contributed by atoms with van der Waals surface area (Å²) < 4.78 is 0. The van der Waals surface area contributed by atoms with E-state index in [1.807, 2.05) is 0 Å². The highest BCUT2D eigenvalue weighted by molar-refractivity contribution is 5.83. The summed E-state index contributed by atoms with van der Waals surface area (Å²) in [5.41, 5.74) is 0.730. The molecule has 194 valence electrons. The van der Waals surface area contributed by atoms with Gasteiger partial charge in [-0.2, -0.15) is 0 Å². The fourth-order valence-corrected chi connectivity index (χ4v) is 9.40. The molecule has 1 amide bonds. The van der Waals surface area contributed by atoms with Gasteiger partial charge in [-0.05, 0) is 117 Å². The Morgan fingerprint density at radius 2 is 1.65 bits per heavy atom. The van der Waals surface area contributed by atoms with Gasteiger partial charge < -0.3 is 20.6 Å². The van der Waals surface area contributed by atoms with Crippen molar-refractivity contribution in [3.05, 3.63) is 0 Å². The van der Waals surface area contributed by atoms with Crippen LogP contribution in [0.25, 0.3) is 0 Å². The third-order valence-corrected chi connectivity index (χ3v) is 11.3. The Hall–Kier alpha value is -1.14. The number of aliphatic hydroxyl groups is 2. The molecule has 0 aromatic carbocycles. The second-order valence-corrected chi connectivity index (χ2v) is 13.0. The average molecular weight is 478 g/mol. The van der Waals surface area contributed by atoms with Gasteiger partial charge >= 0.3 is 5.97 Å². The minimum absolute atomic E-state index is 0.0937. The molecule has 0 unspecified atom stereocenters. The van der Waals surface area contributed by atoms with E-state index in [4.69, 9.17) is 0 Å². The zero-order valence-corrected chi connectivity index (χ0v) is 21.6. The summed E-state index contributed by atoms with van der Waals surface area (Å²) in [4.78, 5) is 23.7. The third kappa shape index (κ3) is 4.54. The van der Waals surface area contributed by atoms with Crippen LogP contribution in [0.1, 0.15) is 98.3 Å². The quantitative estimate of drug-likeness (QED) is 0.436. The molecule has 4 aliphatic rings. The summed E-state index contributed by atoms with van der Waals surface area (Å²) in [7, 11) is 0. The van der Waals surface area contributed by atoms with E-state index in [1.165, 1.54) is 51.9 Å². The number of carboxylic acid groups (broad SMARTS) is 1. The van der Waals surface area contributed by atoms with Gasteiger partial charge in [-0.25, -0.2) is 4.79 Å². The Labute approximate surface area is 205 Å². The summed E-state index contributed by atoms with van der Waals surface area (Å²) in [6.07, 6.45) is 10.7. The number of carboxylic acids is 1. The summed E-state index contributed by atoms with van der Waals surface area (Å²) in [5, 5.41) is 31.6. The average Bonchev–Trinajstić information content (AvgIpc) is 3.13. The Kier molecular flexibility index (Phi) is 7.42. The molecule has 0 spiro atoms. The number of aliphatic carboxylic acids is 1. The van der Waals surface area contributed by atoms with E-state index in [9.17, 15) is 24.9 Å². The van der Waals surface area contributed by atoms with Gasteiger partial charge in [0.25, 0.3) is 0 Å². The highest BCUT2D eigenvalue weighted by Crippen LogP contribution is 2.68. The van der Waals surface area contributed by atoms with Crippen LogP contribution in [0.5, 0.6) is 0 Å². The SMILES string of the molecule is C[C@H](CCC(=O)N[C@H](C(=O)O)[C@@H](C)O)[C@H]1CC[C@H]2[C@@H]3CC[C@@H]4C[C@H](O)CC[C@]4(C)[C@H]3CC[C@]12C. The highest BCUT2D eigenvalue weighted by Gasteiger charge is 2.60. The lowest BCUT2D eigenvalue weighted by molar-refractivity contribution is -0.144. The van der Waals surface area contributed by atoms with Crippen LogP contribution in [0.3, 0.4) is 0 Å². The Morgan fingerprint density at radius 3 is 2.32 bits per heavy atom. The molecule has 0 bridgehead atoms. The molecular weight excluding hydrogens is 430 g/mol. The van der Waals surface area contributed by atoms with E-state index in [0.717, 1.165) is 37.0 Å². The standard InChI is InChI=1S/C28H47NO5/c1-16(5-10-24(32)29-25(17(2)30)26(33)34)21-8-9-22-20-7-6-18-15-19(31)11-13-27(18,3)23(20)12-14-28(21,22)4/h16-23,25,30-31H,5-15H2,1-4H3,(H,29,32)(H,33,34)/t16-,17-,18-,19-,20+,21-,22+,23+,25+,27+,28-/m1/s1. The molecule has 0 heterocycles. The van der Waals surface area contributed by atoms with Crippen LogP contribution in [0.2, 0.25) is 0 Å². The van der Waals surface area contributed by atoms with Crippen LogP contribution >= 0.6 is 0 Å². The largest absolute Gasteiger partial charge is 0.480 e. The maximum atomic E-state index is 12.4. The monoisotopic (exact) mass is 477 g/mol. The fraction of sp³-hybridized carbons (Fsp3) is 0.929. The Balaban J connectivity index is 1.38. The number of aliphatic hydroxyl groups excluding tert-OH is 2. The number of carbonyl (C=O) groups is 2. The molecule has 4 rings (SSSR count). The first kappa shape index (κ1) is 25.9. The summed E-state index contributed by atoms with van der Waals surface area (Å²) >= 11 is 0. The van der Waals surface area contributed by atoms with Crippen LogP contribution in [0.15, 0.2) is 0 Å². The number of carbonyl (C=O) groups excluding carboxylic acids is 1. The van der Waals surface area contributed by atoms with Crippen molar-refractivity contribution in [2.45, 2.75) is 117 Å². The van der Waals surface area contributed by atoms with E-state index < -0.39 is 18.1 Å². The second-order valence-electron chi connectivity index (χ2n) is 13.0. The minimum Gasteiger partial charge on any atom is -0.480 e. The molecule has 0 radical (unpaired) electrons. The van der Waals surface area contributed by atoms with Crippen molar-refractivity contribution in [2.75, 3.05) is 0 Å². The number of nitrogens with one attached hydrogen (secondary N) is 1. The van der Waals surface area contributed by atoms with Gasteiger partial charge in [0.2, 0.25) is 5.91 Å². The van der Waals surface area contributed by atoms with Crippen molar-refractivity contribution >= 4 is 11.9 Å². The second kappa shape index (κ2) is 9.72. The number of hydrogen-bond donors (Lipinski definition) is 4. The zero-order valence-electron chi connectivity index (χ0n) is 21.6. The predicted octanol–water partition coefficient (Wildman–Crippen LogP) is 4.37. The maximum absolute atomic E-state index is 12.4. The van der Waals surface area contributed by atoms with Crippen molar-refractivity contribution in [1.29, 1.82) is 0 Å². The van der Waals surface area contributed by atoms with Crippen LogP contribution < -0.4 is 5.32 Å². The van der Waals surface area contributed by atoms with Crippen LogP contribution in [0.4, 0.5) is 0 Å². The van der Waals surface area contributed by atoms with E-state index in [2.05, 4.69) is 26.1 Å². The van der Waals surface area contributed by atoms with Gasteiger partial charge in [0.1, 0.15) is 0 Å². The first-order chi connectivity index (χ1) is 16.0. The maximum Gasteiger partial charge on any atom is 0.328 e. The van der Waals surface area contributed by atoms with Gasteiger partial charge in [0.05, 0.1) is 12.2 Å². The molecule has 4 aliphatic carbocycles. The molecule has 0 aliphatic heterocycles. The van der Waals surface area contributed by atoms with Crippen molar-refractivity contribution < 1.29 is 24.9 Å². The molecule has 4 saturated carbocycles. The minimum atomic E-state index is -1.25. The molecule has 6 nitrogen and oxygen atoms in total. The first-order valence-corrected chi connectivity index (χ1v) is 13.9. The summed E-state index contributed by atoms with van der Waals surface area (Å²) in [5.74, 6) is 2.60. The highest BCUT2D eigenvalue weighted by atomic mass is 16.4. The molecular formula is C28H47NO5. The van der Waals surface area contributed by atoms with Gasteiger partial charge in [-0.3, -0.25) is 4.79 Å². The van der Waals surface area contributed by atoms with E-state index in [-0.39, 0.29) is 12.0 Å². The van der Waals surface area contributed by atoms with E-state index >= 15 is 0 Å². The molecule has 0 aromatic rings. The number of rotatable bonds is 7. The number of amides is 1. The van der Waals surface area contributed by atoms with Crippen LogP contribution in [-0.2, 0) is 9.59 Å². The lowest BCUT2D eigenvalue weighted by Crippen LogP contribution is -2.54. The lowest BCUT2D eigenvalue weighted by atomic mass is 9.44. The van der Waals surface area contributed by atoms with Gasteiger partial charge in [0, 0.05) is 6.42 Å². The van der Waals surface area contributed by atoms with Crippen molar-refractivity contribution in [1.82, 2.24) is 5.32 Å². The molecule has 6 heteroatoms. The van der Waals surface area contributed by atoms with Crippen molar-refractivity contribution in [2.24, 2.45) is 46.3 Å². The van der Waals surface area contributed by atoms with Gasteiger partial charge in [-0.1, -0.05) is 20.8 Å². The Morgan fingerprint density at radius 1 is 0.971 bits per heavy atom. The van der Waals surface area contributed by atoms with E-state index in [1.54, 1.807) is 0 Å². The predicted molar refractivity (Wildman–Crippen MR) is 131 cm³/mol. The molecule has 34 heavy (non-hydrogen) atoms. The zero-order chi connectivity index (χ0) is 24.8. The normalized spacial score (nSPS) is 44.2. The summed E-state index contributed by atoms with van der Waals surface area (Å²) in [6, 6.07) is -1.25. The van der Waals surface area contributed by atoms with Crippen LogP contribution in [-0.4, -0.2) is 45.4 Å². The smallest absolute Gasteiger partial charge is 0.328 e. The molecule has 11 atom stereocenters. The third-order valence-electron chi connectivity index (χ3n) is 11.3. The lowest BCUT2D eigenvalue weighted by Gasteiger charge is -2.61. The molecule has 4 fully saturated rings. The van der Waals surface area contributed by atoms with Crippen molar-refractivity contribution in [3.63, 3.8) is 0 Å². The number of hydrogen-bond acceptors (Lipinski definition) is 4. The topological polar surface area (TPSA) is 107 Å². The Bertz CT molecular complexity index is 770. The van der Waals surface area contributed by atoms with Crippen LogP contribution in [0, 0.1) is 46.3 Å². The molecule has 0 saturated heterocycles. The van der Waals surface area contributed by atoms with E-state index in [0.29, 0.717) is 35.0 Å².